The van der Waals surface area contributed by atoms with E-state index in [4.69, 9.17) is 9.73 Å². The molecule has 1 heterocycles. The van der Waals surface area contributed by atoms with Gasteiger partial charge in [-0.05, 0) is 42.2 Å². The van der Waals surface area contributed by atoms with E-state index < -0.39 is 0 Å². The Bertz CT molecular complexity index is 833. The second-order valence-electron chi connectivity index (χ2n) is 7.14. The minimum Gasteiger partial charge on any atom is -0.497 e. The molecule has 2 aromatic rings. The van der Waals surface area contributed by atoms with Crippen molar-refractivity contribution < 1.29 is 9.53 Å². The average Bonchev–Trinajstić information content (AvgIpc) is 3.15. The Hall–Kier alpha value is -3.02. The molecule has 6 heteroatoms. The van der Waals surface area contributed by atoms with Crippen molar-refractivity contribution in [3.05, 3.63) is 65.2 Å². The highest BCUT2D eigenvalue weighted by Gasteiger charge is 2.19. The lowest BCUT2D eigenvalue weighted by Crippen LogP contribution is -2.36. The van der Waals surface area contributed by atoms with E-state index in [9.17, 15) is 4.79 Å². The lowest BCUT2D eigenvalue weighted by atomic mass is 10.1. The topological polar surface area (TPSA) is 66.0 Å². The number of carbonyl (C=O) groups excluding carboxylic acids is 1. The molecule has 29 heavy (non-hydrogen) atoms. The van der Waals surface area contributed by atoms with E-state index in [2.05, 4.69) is 35.8 Å². The number of aliphatic imine (C=N–C) groups is 1. The van der Waals surface area contributed by atoms with E-state index in [-0.39, 0.29) is 5.91 Å². The standard InChI is InChI=1S/C23H30N4O2/c1-3-24-23(25-15-18-9-11-21(29-2)12-10-18)26-16-19-6-4-7-20(14-19)17-27-13-5-8-22(27)28/h4,6-7,9-12,14H,3,5,8,13,15-17H2,1-2H3,(H2,24,25,26). The average molecular weight is 395 g/mol. The predicted molar refractivity (Wildman–Crippen MR) is 116 cm³/mol. The zero-order valence-electron chi connectivity index (χ0n) is 17.3. The van der Waals surface area contributed by atoms with Crippen LogP contribution >= 0.6 is 0 Å². The molecule has 1 saturated heterocycles. The summed E-state index contributed by atoms with van der Waals surface area (Å²) in [6, 6.07) is 16.3. The van der Waals surface area contributed by atoms with E-state index in [1.54, 1.807) is 7.11 Å². The van der Waals surface area contributed by atoms with Crippen LogP contribution in [0.3, 0.4) is 0 Å². The minimum absolute atomic E-state index is 0.255. The third-order valence-corrected chi connectivity index (χ3v) is 4.92. The molecule has 6 nitrogen and oxygen atoms in total. The number of rotatable bonds is 8. The molecule has 1 amide bonds. The van der Waals surface area contributed by atoms with E-state index in [1.165, 1.54) is 0 Å². The maximum atomic E-state index is 11.9. The number of likely N-dealkylation sites (tertiary alicyclic amines) is 1. The quantitative estimate of drug-likeness (QED) is 0.533. The number of ether oxygens (including phenoxy) is 1. The molecule has 154 valence electrons. The Balaban J connectivity index is 1.58. The van der Waals surface area contributed by atoms with E-state index in [1.807, 2.05) is 35.2 Å². The molecule has 2 aromatic carbocycles. The summed E-state index contributed by atoms with van der Waals surface area (Å²) in [6.07, 6.45) is 1.64. The molecular formula is C23H30N4O2. The fourth-order valence-electron chi connectivity index (χ4n) is 3.36. The van der Waals surface area contributed by atoms with Crippen LogP contribution in [-0.2, 0) is 24.4 Å². The van der Waals surface area contributed by atoms with Gasteiger partial charge in [0, 0.05) is 32.6 Å². The van der Waals surface area contributed by atoms with Crippen LogP contribution in [0.1, 0.15) is 36.5 Å². The van der Waals surface area contributed by atoms with Crippen LogP contribution in [0.4, 0.5) is 0 Å². The normalized spacial score (nSPS) is 14.2. The predicted octanol–water partition coefficient (Wildman–Crippen LogP) is 3.07. The molecule has 0 aliphatic carbocycles. The summed E-state index contributed by atoms with van der Waals surface area (Å²) >= 11 is 0. The molecule has 0 saturated carbocycles. The van der Waals surface area contributed by atoms with Crippen molar-refractivity contribution in [1.29, 1.82) is 0 Å². The van der Waals surface area contributed by atoms with Gasteiger partial charge in [-0.3, -0.25) is 4.79 Å². The number of nitrogens with one attached hydrogen (secondary N) is 2. The second kappa shape index (κ2) is 10.5. The van der Waals surface area contributed by atoms with Gasteiger partial charge in [-0.1, -0.05) is 36.4 Å². The van der Waals surface area contributed by atoms with Gasteiger partial charge in [-0.2, -0.15) is 0 Å². The minimum atomic E-state index is 0.255. The molecule has 0 aromatic heterocycles. The summed E-state index contributed by atoms with van der Waals surface area (Å²) in [7, 11) is 1.67. The Labute approximate surface area is 173 Å². The van der Waals surface area contributed by atoms with Crippen LogP contribution in [0.2, 0.25) is 0 Å². The molecule has 0 radical (unpaired) electrons. The molecule has 3 rings (SSSR count). The summed E-state index contributed by atoms with van der Waals surface area (Å²) in [5, 5.41) is 6.66. The van der Waals surface area contributed by atoms with Gasteiger partial charge in [0.05, 0.1) is 13.7 Å². The number of guanidine groups is 1. The monoisotopic (exact) mass is 394 g/mol. The number of carbonyl (C=O) groups is 1. The van der Waals surface area contributed by atoms with E-state index in [0.717, 1.165) is 47.9 Å². The second-order valence-corrected chi connectivity index (χ2v) is 7.14. The molecule has 1 fully saturated rings. The van der Waals surface area contributed by atoms with Crippen molar-refractivity contribution in [2.75, 3.05) is 20.2 Å². The first-order chi connectivity index (χ1) is 14.2. The zero-order valence-corrected chi connectivity index (χ0v) is 17.3. The Kier molecular flexibility index (Phi) is 7.50. The van der Waals surface area contributed by atoms with Crippen LogP contribution < -0.4 is 15.4 Å². The highest BCUT2D eigenvalue weighted by Crippen LogP contribution is 2.15. The number of hydrogen-bond donors (Lipinski definition) is 2. The van der Waals surface area contributed by atoms with Gasteiger partial charge in [0.15, 0.2) is 5.96 Å². The van der Waals surface area contributed by atoms with Crippen LogP contribution in [0.15, 0.2) is 53.5 Å². The summed E-state index contributed by atoms with van der Waals surface area (Å²) in [5.41, 5.74) is 3.45. The molecule has 2 N–H and O–H groups in total. The summed E-state index contributed by atoms with van der Waals surface area (Å²) < 4.78 is 5.20. The number of benzene rings is 2. The SMILES string of the molecule is CCNC(=NCc1cccc(CN2CCCC2=O)c1)NCc1ccc(OC)cc1. The van der Waals surface area contributed by atoms with Crippen molar-refractivity contribution in [3.63, 3.8) is 0 Å². The Morgan fingerprint density at radius 2 is 1.90 bits per heavy atom. The lowest BCUT2D eigenvalue weighted by molar-refractivity contribution is -0.128. The first kappa shape index (κ1) is 20.7. The Morgan fingerprint density at radius 1 is 1.10 bits per heavy atom. The smallest absolute Gasteiger partial charge is 0.222 e. The molecule has 1 aliphatic heterocycles. The van der Waals surface area contributed by atoms with Crippen LogP contribution in [-0.4, -0.2) is 37.0 Å². The molecule has 0 bridgehead atoms. The van der Waals surface area contributed by atoms with Crippen LogP contribution in [0.25, 0.3) is 0 Å². The van der Waals surface area contributed by atoms with Gasteiger partial charge in [0.1, 0.15) is 5.75 Å². The van der Waals surface area contributed by atoms with Crippen molar-refractivity contribution in [2.45, 2.75) is 39.4 Å². The number of nitrogens with zero attached hydrogens (tertiary/aromatic N) is 2. The summed E-state index contributed by atoms with van der Waals surface area (Å²) in [5.74, 6) is 1.89. The van der Waals surface area contributed by atoms with Crippen LogP contribution in [0, 0.1) is 0 Å². The largest absolute Gasteiger partial charge is 0.497 e. The van der Waals surface area contributed by atoms with E-state index in [0.29, 0.717) is 26.1 Å². The number of methoxy groups -OCH3 is 1. The van der Waals surface area contributed by atoms with Gasteiger partial charge < -0.3 is 20.3 Å². The first-order valence-corrected chi connectivity index (χ1v) is 10.2. The number of amides is 1. The third kappa shape index (κ3) is 6.24. The molecule has 0 unspecified atom stereocenters. The third-order valence-electron chi connectivity index (χ3n) is 4.92. The fourth-order valence-corrected chi connectivity index (χ4v) is 3.36. The van der Waals surface area contributed by atoms with E-state index >= 15 is 0 Å². The highest BCUT2D eigenvalue weighted by atomic mass is 16.5. The first-order valence-electron chi connectivity index (χ1n) is 10.2. The molecular weight excluding hydrogens is 364 g/mol. The van der Waals surface area contributed by atoms with Crippen molar-refractivity contribution >= 4 is 11.9 Å². The van der Waals surface area contributed by atoms with Crippen molar-refractivity contribution in [3.8, 4) is 5.75 Å². The molecule has 0 spiro atoms. The number of hydrogen-bond acceptors (Lipinski definition) is 3. The van der Waals surface area contributed by atoms with Crippen LogP contribution in [0.5, 0.6) is 5.75 Å². The molecule has 0 atom stereocenters. The lowest BCUT2D eigenvalue weighted by Gasteiger charge is -2.16. The highest BCUT2D eigenvalue weighted by molar-refractivity contribution is 5.79. The van der Waals surface area contributed by atoms with Gasteiger partial charge >= 0.3 is 0 Å². The Morgan fingerprint density at radius 3 is 2.59 bits per heavy atom. The molecule has 1 aliphatic rings. The van der Waals surface area contributed by atoms with Gasteiger partial charge in [0.2, 0.25) is 5.91 Å². The zero-order chi connectivity index (χ0) is 20.5. The van der Waals surface area contributed by atoms with Crippen molar-refractivity contribution in [2.24, 2.45) is 4.99 Å². The van der Waals surface area contributed by atoms with Gasteiger partial charge in [-0.25, -0.2) is 4.99 Å². The van der Waals surface area contributed by atoms with Gasteiger partial charge in [0.25, 0.3) is 0 Å². The summed E-state index contributed by atoms with van der Waals surface area (Å²) in [4.78, 5) is 18.5. The summed E-state index contributed by atoms with van der Waals surface area (Å²) in [6.45, 7) is 5.67. The fraction of sp³-hybridized carbons (Fsp3) is 0.391. The maximum absolute atomic E-state index is 11.9. The van der Waals surface area contributed by atoms with Crippen molar-refractivity contribution in [1.82, 2.24) is 15.5 Å². The van der Waals surface area contributed by atoms with Gasteiger partial charge in [-0.15, -0.1) is 0 Å². The maximum Gasteiger partial charge on any atom is 0.222 e.